The number of amides is 1. The van der Waals surface area contributed by atoms with Crippen LogP contribution in [0.1, 0.15) is 15.4 Å². The maximum absolute atomic E-state index is 12.4. The van der Waals surface area contributed by atoms with Crippen molar-refractivity contribution in [1.82, 2.24) is 25.0 Å². The lowest BCUT2D eigenvalue weighted by molar-refractivity contribution is 0.0800. The van der Waals surface area contributed by atoms with E-state index < -0.39 is 0 Å². The number of halogens is 2. The lowest BCUT2D eigenvalue weighted by Crippen LogP contribution is -2.32. The topological polar surface area (TPSA) is 63.1 Å². The molecule has 9 heteroatoms. The molecular formula is C13H21Cl2N5OS. The van der Waals surface area contributed by atoms with Crippen molar-refractivity contribution in [3.63, 3.8) is 0 Å². The highest BCUT2D eigenvalue weighted by molar-refractivity contribution is 7.17. The van der Waals surface area contributed by atoms with Gasteiger partial charge in [-0.05, 0) is 14.0 Å². The minimum atomic E-state index is 0. The number of likely N-dealkylation sites (N-methyl/N-ethyl adjacent to an activating group) is 2. The molecule has 0 fully saturated rings. The number of rotatable bonds is 5. The summed E-state index contributed by atoms with van der Waals surface area (Å²) < 4.78 is 1.73. The Kier molecular flexibility index (Phi) is 8.62. The van der Waals surface area contributed by atoms with Gasteiger partial charge in [0.15, 0.2) is 0 Å². The van der Waals surface area contributed by atoms with Gasteiger partial charge in [0, 0.05) is 38.9 Å². The van der Waals surface area contributed by atoms with Crippen molar-refractivity contribution in [2.24, 2.45) is 7.05 Å². The molecule has 2 heterocycles. The fourth-order valence-electron chi connectivity index (χ4n) is 1.80. The van der Waals surface area contributed by atoms with Crippen LogP contribution in [0.4, 0.5) is 0 Å². The highest BCUT2D eigenvalue weighted by Gasteiger charge is 2.19. The van der Waals surface area contributed by atoms with Gasteiger partial charge >= 0.3 is 0 Å². The Balaban J connectivity index is 0.00000220. The van der Waals surface area contributed by atoms with Crippen molar-refractivity contribution in [2.75, 3.05) is 27.2 Å². The molecule has 22 heavy (non-hydrogen) atoms. The zero-order valence-corrected chi connectivity index (χ0v) is 15.4. The molecule has 1 amide bonds. The number of carbonyl (C=O) groups excluding carboxylic acids is 1. The maximum Gasteiger partial charge on any atom is 0.265 e. The molecule has 0 saturated heterocycles. The SMILES string of the molecule is CNCCN(C)C(=O)c1sc(-c2cnn(C)c2)nc1C.Cl.Cl. The van der Waals surface area contributed by atoms with Crippen LogP contribution in [0.2, 0.25) is 0 Å². The van der Waals surface area contributed by atoms with Crippen molar-refractivity contribution in [1.29, 1.82) is 0 Å². The molecule has 2 aromatic heterocycles. The molecule has 0 unspecified atom stereocenters. The average molecular weight is 366 g/mol. The summed E-state index contributed by atoms with van der Waals surface area (Å²) in [6.07, 6.45) is 3.66. The molecule has 124 valence electrons. The molecule has 0 bridgehead atoms. The number of nitrogens with zero attached hydrogens (tertiary/aromatic N) is 4. The smallest absolute Gasteiger partial charge is 0.265 e. The van der Waals surface area contributed by atoms with E-state index in [9.17, 15) is 4.79 Å². The normalized spacial score (nSPS) is 9.82. The van der Waals surface area contributed by atoms with Crippen LogP contribution in [0, 0.1) is 6.92 Å². The number of carbonyl (C=O) groups is 1. The predicted molar refractivity (Wildman–Crippen MR) is 94.4 cm³/mol. The molecular weight excluding hydrogens is 345 g/mol. The van der Waals surface area contributed by atoms with E-state index in [1.54, 1.807) is 15.8 Å². The Morgan fingerprint density at radius 1 is 1.45 bits per heavy atom. The molecule has 2 rings (SSSR count). The molecule has 0 spiro atoms. The Hall–Kier alpha value is -1.15. The third kappa shape index (κ3) is 4.67. The molecule has 0 aromatic carbocycles. The zero-order valence-electron chi connectivity index (χ0n) is 13.0. The molecule has 0 saturated carbocycles. The summed E-state index contributed by atoms with van der Waals surface area (Å²) in [7, 11) is 5.54. The van der Waals surface area contributed by atoms with Crippen LogP contribution in [0.15, 0.2) is 12.4 Å². The first-order valence-electron chi connectivity index (χ1n) is 6.39. The summed E-state index contributed by atoms with van der Waals surface area (Å²) in [4.78, 5) is 19.3. The van der Waals surface area contributed by atoms with Crippen LogP contribution in [0.3, 0.4) is 0 Å². The van der Waals surface area contributed by atoms with Crippen molar-refractivity contribution >= 4 is 42.1 Å². The van der Waals surface area contributed by atoms with Gasteiger partial charge in [0.1, 0.15) is 9.88 Å². The second kappa shape index (κ2) is 9.09. The highest BCUT2D eigenvalue weighted by Crippen LogP contribution is 2.28. The summed E-state index contributed by atoms with van der Waals surface area (Å²) in [6, 6.07) is 0. The first kappa shape index (κ1) is 20.9. The number of thiazole rings is 1. The third-order valence-electron chi connectivity index (χ3n) is 2.99. The molecule has 0 atom stereocenters. The first-order valence-corrected chi connectivity index (χ1v) is 7.21. The Morgan fingerprint density at radius 3 is 2.68 bits per heavy atom. The average Bonchev–Trinajstić information content (AvgIpc) is 3.01. The van der Waals surface area contributed by atoms with Gasteiger partial charge in [-0.1, -0.05) is 0 Å². The maximum atomic E-state index is 12.4. The Bertz CT molecular complexity index is 613. The fourth-order valence-corrected chi connectivity index (χ4v) is 2.84. The number of aromatic nitrogens is 3. The molecule has 2 aromatic rings. The van der Waals surface area contributed by atoms with Crippen molar-refractivity contribution < 1.29 is 4.79 Å². The van der Waals surface area contributed by atoms with E-state index in [2.05, 4.69) is 15.4 Å². The number of hydrogen-bond acceptors (Lipinski definition) is 5. The number of aryl methyl sites for hydroxylation is 2. The second-order valence-electron chi connectivity index (χ2n) is 4.67. The van der Waals surface area contributed by atoms with Crippen LogP contribution in [0.5, 0.6) is 0 Å². The van der Waals surface area contributed by atoms with Crippen molar-refractivity contribution in [3.8, 4) is 10.6 Å². The molecule has 6 nitrogen and oxygen atoms in total. The molecule has 0 aliphatic rings. The fraction of sp³-hybridized carbons (Fsp3) is 0.462. The molecule has 1 N–H and O–H groups in total. The van der Waals surface area contributed by atoms with E-state index in [1.165, 1.54) is 11.3 Å². The van der Waals surface area contributed by atoms with Gasteiger partial charge in [0.05, 0.1) is 11.9 Å². The number of nitrogens with one attached hydrogen (secondary N) is 1. The highest BCUT2D eigenvalue weighted by atomic mass is 35.5. The van der Waals surface area contributed by atoms with Gasteiger partial charge in [-0.25, -0.2) is 4.98 Å². The van der Waals surface area contributed by atoms with Gasteiger partial charge in [-0.3, -0.25) is 9.48 Å². The van der Waals surface area contributed by atoms with Crippen LogP contribution in [-0.2, 0) is 7.05 Å². The van der Waals surface area contributed by atoms with Gasteiger partial charge < -0.3 is 10.2 Å². The van der Waals surface area contributed by atoms with E-state index >= 15 is 0 Å². The lowest BCUT2D eigenvalue weighted by atomic mass is 10.3. The van der Waals surface area contributed by atoms with Crippen LogP contribution < -0.4 is 5.32 Å². The summed E-state index contributed by atoms with van der Waals surface area (Å²) in [6.45, 7) is 3.32. The summed E-state index contributed by atoms with van der Waals surface area (Å²) >= 11 is 1.42. The zero-order chi connectivity index (χ0) is 14.7. The minimum absolute atomic E-state index is 0. The number of hydrogen-bond donors (Lipinski definition) is 1. The monoisotopic (exact) mass is 365 g/mol. The van der Waals surface area contributed by atoms with E-state index in [-0.39, 0.29) is 30.7 Å². The lowest BCUT2D eigenvalue weighted by Gasteiger charge is -2.15. The van der Waals surface area contributed by atoms with E-state index in [1.807, 2.05) is 34.3 Å². The van der Waals surface area contributed by atoms with Crippen molar-refractivity contribution in [3.05, 3.63) is 23.0 Å². The second-order valence-corrected chi connectivity index (χ2v) is 5.67. The first-order chi connectivity index (χ1) is 9.52. The van der Waals surface area contributed by atoms with E-state index in [0.29, 0.717) is 11.4 Å². The van der Waals surface area contributed by atoms with Gasteiger partial charge in [0.2, 0.25) is 0 Å². The van der Waals surface area contributed by atoms with Crippen LogP contribution in [-0.4, -0.2) is 52.8 Å². The van der Waals surface area contributed by atoms with E-state index in [0.717, 1.165) is 22.8 Å². The minimum Gasteiger partial charge on any atom is -0.340 e. The molecule has 0 aliphatic carbocycles. The van der Waals surface area contributed by atoms with Crippen LogP contribution >= 0.6 is 36.2 Å². The standard InChI is InChI=1S/C13H19N5OS.2ClH/c1-9-11(13(19)17(3)6-5-14-2)20-12(16-9)10-7-15-18(4)8-10;;/h7-8,14H,5-6H2,1-4H3;2*1H. The summed E-state index contributed by atoms with van der Waals surface area (Å²) in [5.41, 5.74) is 1.72. The summed E-state index contributed by atoms with van der Waals surface area (Å²) in [5, 5.41) is 8.00. The summed E-state index contributed by atoms with van der Waals surface area (Å²) in [5.74, 6) is 0.0189. The van der Waals surface area contributed by atoms with Crippen LogP contribution in [0.25, 0.3) is 10.6 Å². The van der Waals surface area contributed by atoms with Crippen molar-refractivity contribution in [2.45, 2.75) is 6.92 Å². The Labute approximate surface area is 146 Å². The quantitative estimate of drug-likeness (QED) is 0.879. The molecule has 0 radical (unpaired) electrons. The third-order valence-corrected chi connectivity index (χ3v) is 4.18. The molecule has 0 aliphatic heterocycles. The van der Waals surface area contributed by atoms with E-state index in [4.69, 9.17) is 0 Å². The Morgan fingerprint density at radius 2 is 2.14 bits per heavy atom. The van der Waals surface area contributed by atoms with Gasteiger partial charge in [-0.2, -0.15) is 5.10 Å². The van der Waals surface area contributed by atoms with Gasteiger partial charge in [0.25, 0.3) is 5.91 Å². The predicted octanol–water partition coefficient (Wildman–Crippen LogP) is 1.99. The van der Waals surface area contributed by atoms with Gasteiger partial charge in [-0.15, -0.1) is 36.2 Å². The largest absolute Gasteiger partial charge is 0.340 e.